The Morgan fingerprint density at radius 3 is 2.46 bits per heavy atom. The smallest absolute Gasteiger partial charge is 0.287 e. The summed E-state index contributed by atoms with van der Waals surface area (Å²) in [6.45, 7) is 3.37. The van der Waals surface area contributed by atoms with Gasteiger partial charge in [0.15, 0.2) is 11.5 Å². The summed E-state index contributed by atoms with van der Waals surface area (Å²) in [5.41, 5.74) is 1.51. The molecule has 0 saturated carbocycles. The van der Waals surface area contributed by atoms with E-state index in [-0.39, 0.29) is 46.3 Å². The Bertz CT molecular complexity index is 1120. The molecule has 3 aromatic rings. The number of aryl methyl sites for hydroxylation is 1. The molecule has 0 radical (unpaired) electrons. The maximum Gasteiger partial charge on any atom is 0.287 e. The second kappa shape index (κ2) is 6.56. The molecule has 0 aliphatic heterocycles. The Hall–Kier alpha value is -3.55. The van der Waals surface area contributed by atoms with Crippen molar-refractivity contribution in [1.82, 2.24) is 10.5 Å². The van der Waals surface area contributed by atoms with Gasteiger partial charge < -0.3 is 14.3 Å². The molecule has 2 heterocycles. The predicted molar refractivity (Wildman–Crippen MR) is 94.0 cm³/mol. The van der Waals surface area contributed by atoms with Crippen molar-refractivity contribution in [2.75, 3.05) is 6.54 Å². The number of hydrogen-bond acceptors (Lipinski definition) is 6. The summed E-state index contributed by atoms with van der Waals surface area (Å²) < 4.78 is 23.4. The van der Waals surface area contributed by atoms with E-state index in [9.17, 15) is 18.8 Å². The first kappa shape index (κ1) is 17.8. The lowest BCUT2D eigenvalue weighted by Gasteiger charge is -2.07. The SMILES string of the molecule is Cc1noc2c1C(=O)c1oc(C(=O)NCCc3ccc(F)cc3)c(C)c1C2=O. The van der Waals surface area contributed by atoms with E-state index in [1.165, 1.54) is 19.1 Å². The minimum Gasteiger partial charge on any atom is -0.446 e. The standard InChI is InChI=1S/C20H15FN2O5/c1-9-13-15(24)19-14(10(2)23-28-19)16(25)18(13)27-17(9)20(26)22-8-7-11-3-5-12(21)6-4-11/h3-6H,7-8H2,1-2H3,(H,22,26). The van der Waals surface area contributed by atoms with Gasteiger partial charge >= 0.3 is 0 Å². The van der Waals surface area contributed by atoms with Crippen molar-refractivity contribution < 1.29 is 27.7 Å². The molecule has 0 fully saturated rings. The first-order valence-corrected chi connectivity index (χ1v) is 8.60. The van der Waals surface area contributed by atoms with Gasteiger partial charge in [0.1, 0.15) is 11.4 Å². The molecule has 1 N–H and O–H groups in total. The van der Waals surface area contributed by atoms with E-state index in [0.717, 1.165) is 5.56 Å². The molecule has 7 nitrogen and oxygen atoms in total. The molecule has 0 unspecified atom stereocenters. The van der Waals surface area contributed by atoms with Crippen LogP contribution in [0.25, 0.3) is 0 Å². The zero-order valence-corrected chi connectivity index (χ0v) is 15.1. The molecule has 142 valence electrons. The van der Waals surface area contributed by atoms with Crippen LogP contribution in [0.15, 0.2) is 33.2 Å². The van der Waals surface area contributed by atoms with E-state index in [4.69, 9.17) is 8.94 Å². The van der Waals surface area contributed by atoms with Crippen molar-refractivity contribution in [3.05, 3.63) is 75.3 Å². The first-order chi connectivity index (χ1) is 13.4. The summed E-state index contributed by atoms with van der Waals surface area (Å²) in [6, 6.07) is 5.96. The second-order valence-corrected chi connectivity index (χ2v) is 6.52. The lowest BCUT2D eigenvalue weighted by molar-refractivity contribution is 0.0909. The van der Waals surface area contributed by atoms with Gasteiger partial charge in [-0.2, -0.15) is 0 Å². The number of carbonyl (C=O) groups is 3. The number of furan rings is 1. The van der Waals surface area contributed by atoms with Crippen molar-refractivity contribution in [2.24, 2.45) is 0 Å². The van der Waals surface area contributed by atoms with Gasteiger partial charge in [0, 0.05) is 12.1 Å². The highest BCUT2D eigenvalue weighted by atomic mass is 19.1. The molecule has 1 amide bonds. The lowest BCUT2D eigenvalue weighted by Crippen LogP contribution is -2.26. The van der Waals surface area contributed by atoms with Crippen molar-refractivity contribution in [3.63, 3.8) is 0 Å². The lowest BCUT2D eigenvalue weighted by atomic mass is 9.90. The van der Waals surface area contributed by atoms with Crippen molar-refractivity contribution in [2.45, 2.75) is 20.3 Å². The van der Waals surface area contributed by atoms with Gasteiger partial charge in [-0.25, -0.2) is 4.39 Å². The number of benzene rings is 1. The Balaban J connectivity index is 1.55. The molecule has 0 atom stereocenters. The molecule has 1 aliphatic rings. The van der Waals surface area contributed by atoms with Crippen molar-refractivity contribution >= 4 is 17.5 Å². The van der Waals surface area contributed by atoms with E-state index in [1.54, 1.807) is 19.1 Å². The highest BCUT2D eigenvalue weighted by Gasteiger charge is 2.41. The number of halogens is 1. The number of ketones is 2. The zero-order valence-electron chi connectivity index (χ0n) is 15.1. The van der Waals surface area contributed by atoms with Crippen molar-refractivity contribution in [1.29, 1.82) is 0 Å². The first-order valence-electron chi connectivity index (χ1n) is 8.60. The van der Waals surface area contributed by atoms with Crippen LogP contribution in [-0.4, -0.2) is 29.2 Å². The number of fused-ring (bicyclic) bond motifs is 2. The van der Waals surface area contributed by atoms with Crippen LogP contribution in [0.1, 0.15) is 59.6 Å². The molecule has 28 heavy (non-hydrogen) atoms. The maximum absolute atomic E-state index is 12.9. The van der Waals surface area contributed by atoms with E-state index in [1.807, 2.05) is 0 Å². The van der Waals surface area contributed by atoms with E-state index in [0.29, 0.717) is 12.1 Å². The molecular weight excluding hydrogens is 367 g/mol. The second-order valence-electron chi connectivity index (χ2n) is 6.52. The minimum absolute atomic E-state index is 0.0253. The molecule has 0 spiro atoms. The normalized spacial score (nSPS) is 12.7. The maximum atomic E-state index is 12.9. The fraction of sp³-hybridized carbons (Fsp3) is 0.200. The molecule has 2 aromatic heterocycles. The van der Waals surface area contributed by atoms with Gasteiger partial charge in [-0.3, -0.25) is 14.4 Å². The van der Waals surface area contributed by atoms with E-state index in [2.05, 4.69) is 10.5 Å². The summed E-state index contributed by atoms with van der Waals surface area (Å²) >= 11 is 0. The number of aromatic nitrogens is 1. The average molecular weight is 382 g/mol. The van der Waals surface area contributed by atoms with E-state index >= 15 is 0 Å². The van der Waals surface area contributed by atoms with Crippen LogP contribution in [0, 0.1) is 19.7 Å². The Morgan fingerprint density at radius 2 is 1.75 bits per heavy atom. The average Bonchev–Trinajstić information content (AvgIpc) is 3.22. The number of nitrogens with zero attached hydrogens (tertiary/aromatic N) is 1. The summed E-state index contributed by atoms with van der Waals surface area (Å²) in [7, 11) is 0. The van der Waals surface area contributed by atoms with Crippen LogP contribution >= 0.6 is 0 Å². The van der Waals surface area contributed by atoms with Gasteiger partial charge in [0.25, 0.3) is 5.91 Å². The number of hydrogen-bond donors (Lipinski definition) is 1. The van der Waals surface area contributed by atoms with Crippen LogP contribution in [0.4, 0.5) is 4.39 Å². The third-order valence-electron chi connectivity index (χ3n) is 4.69. The van der Waals surface area contributed by atoms with Gasteiger partial charge in [-0.15, -0.1) is 0 Å². The highest BCUT2D eigenvalue weighted by molar-refractivity contribution is 6.27. The molecular formula is C20H15FN2O5. The molecule has 4 rings (SSSR count). The summed E-state index contributed by atoms with van der Waals surface area (Å²) in [5, 5.41) is 6.35. The molecule has 8 heteroatoms. The Kier molecular flexibility index (Phi) is 4.18. The molecule has 0 bridgehead atoms. The monoisotopic (exact) mass is 382 g/mol. The Labute approximate surface area is 158 Å². The van der Waals surface area contributed by atoms with E-state index < -0.39 is 17.5 Å². The van der Waals surface area contributed by atoms with Crippen molar-refractivity contribution in [3.8, 4) is 0 Å². The minimum atomic E-state index is -0.541. The van der Waals surface area contributed by atoms with Crippen LogP contribution in [-0.2, 0) is 6.42 Å². The fourth-order valence-electron chi connectivity index (χ4n) is 3.23. The van der Waals surface area contributed by atoms with Crippen LogP contribution in [0.3, 0.4) is 0 Å². The molecule has 1 aromatic carbocycles. The van der Waals surface area contributed by atoms with Gasteiger partial charge in [0.2, 0.25) is 17.3 Å². The predicted octanol–water partition coefficient (Wildman–Crippen LogP) is 2.77. The van der Waals surface area contributed by atoms with Gasteiger partial charge in [-0.1, -0.05) is 17.3 Å². The number of amides is 1. The van der Waals surface area contributed by atoms with Crippen LogP contribution in [0.5, 0.6) is 0 Å². The third-order valence-corrected chi connectivity index (χ3v) is 4.69. The number of rotatable bonds is 4. The van der Waals surface area contributed by atoms with Gasteiger partial charge in [-0.05, 0) is 38.0 Å². The fourth-order valence-corrected chi connectivity index (χ4v) is 3.23. The highest BCUT2D eigenvalue weighted by Crippen LogP contribution is 2.34. The molecule has 1 aliphatic carbocycles. The Morgan fingerprint density at radius 1 is 1.07 bits per heavy atom. The number of nitrogens with one attached hydrogen (secondary N) is 1. The largest absolute Gasteiger partial charge is 0.446 e. The summed E-state index contributed by atoms with van der Waals surface area (Å²) in [5.74, 6) is -2.34. The summed E-state index contributed by atoms with van der Waals surface area (Å²) in [4.78, 5) is 37.8. The summed E-state index contributed by atoms with van der Waals surface area (Å²) in [6.07, 6.45) is 0.489. The van der Waals surface area contributed by atoms with Crippen LogP contribution in [0.2, 0.25) is 0 Å². The molecule has 0 saturated heterocycles. The van der Waals surface area contributed by atoms with Crippen LogP contribution < -0.4 is 5.32 Å². The quantitative estimate of drug-likeness (QED) is 0.582. The zero-order chi connectivity index (χ0) is 20.0. The van der Waals surface area contributed by atoms with Gasteiger partial charge in [0.05, 0.1) is 11.3 Å². The topological polar surface area (TPSA) is 102 Å². The number of carbonyl (C=O) groups excluding carboxylic acids is 3. The third kappa shape index (κ3) is 2.74.